The van der Waals surface area contributed by atoms with E-state index < -0.39 is 11.9 Å². The first-order chi connectivity index (χ1) is 11.4. The zero-order chi connectivity index (χ0) is 17.7. The third-order valence-electron chi connectivity index (χ3n) is 2.97. The van der Waals surface area contributed by atoms with Crippen LogP contribution in [0.3, 0.4) is 0 Å². The van der Waals surface area contributed by atoms with Gasteiger partial charge < -0.3 is 10.1 Å². The number of halogens is 2. The Bertz CT molecular complexity index is 812. The van der Waals surface area contributed by atoms with Gasteiger partial charge in [0.25, 0.3) is 5.91 Å². The van der Waals surface area contributed by atoms with E-state index in [1.165, 1.54) is 13.2 Å². The summed E-state index contributed by atoms with van der Waals surface area (Å²) in [6.45, 7) is 0. The molecule has 1 amide bonds. The van der Waals surface area contributed by atoms with Crippen LogP contribution in [0.4, 0.5) is 5.69 Å². The Balaban J connectivity index is 2.08. The van der Waals surface area contributed by atoms with Crippen molar-refractivity contribution in [2.45, 2.75) is 0 Å². The first kappa shape index (κ1) is 18.2. The average Bonchev–Trinajstić information content (AvgIpc) is 2.58. The van der Waals surface area contributed by atoms with Crippen molar-refractivity contribution in [1.29, 1.82) is 0 Å². The van der Waals surface area contributed by atoms with Gasteiger partial charge in [-0.15, -0.1) is 0 Å². The molecule has 0 unspecified atom stereocenters. The van der Waals surface area contributed by atoms with Gasteiger partial charge in [-0.2, -0.15) is 0 Å². The van der Waals surface area contributed by atoms with E-state index in [2.05, 4.69) is 15.4 Å². The first-order valence-corrected chi connectivity index (χ1v) is 7.83. The Labute approximate surface area is 153 Å². The molecule has 0 aliphatic rings. The smallest absolute Gasteiger partial charge is 0.337 e. The standard InChI is InChI=1S/C16H12Cl2N2O3S/c1-23-15(22)10-5-2-4-9(8-10)14(21)20-16(24)19-12-7-3-6-11(17)13(12)18/h2-8H,1H3,(H2,19,20,21,24). The van der Waals surface area contributed by atoms with Gasteiger partial charge >= 0.3 is 5.97 Å². The molecule has 0 radical (unpaired) electrons. The number of hydrogen-bond donors (Lipinski definition) is 2. The van der Waals surface area contributed by atoms with Gasteiger partial charge in [0.2, 0.25) is 0 Å². The summed E-state index contributed by atoms with van der Waals surface area (Å²) < 4.78 is 4.62. The normalized spacial score (nSPS) is 9.96. The van der Waals surface area contributed by atoms with Gasteiger partial charge in [0.05, 0.1) is 28.4 Å². The van der Waals surface area contributed by atoms with Crippen molar-refractivity contribution in [3.05, 3.63) is 63.6 Å². The molecule has 0 heterocycles. The number of ether oxygens (including phenoxy) is 1. The second-order valence-electron chi connectivity index (χ2n) is 4.58. The van der Waals surface area contributed by atoms with Gasteiger partial charge in [-0.3, -0.25) is 10.1 Å². The van der Waals surface area contributed by atoms with E-state index in [9.17, 15) is 9.59 Å². The minimum absolute atomic E-state index is 0.0487. The molecule has 5 nitrogen and oxygen atoms in total. The molecule has 2 N–H and O–H groups in total. The van der Waals surface area contributed by atoms with Crippen LogP contribution in [0.1, 0.15) is 20.7 Å². The number of carbonyl (C=O) groups is 2. The number of anilines is 1. The largest absolute Gasteiger partial charge is 0.465 e. The molecule has 0 aromatic heterocycles. The summed E-state index contributed by atoms with van der Waals surface area (Å²) in [6, 6.07) is 11.1. The molecular formula is C16H12Cl2N2O3S. The van der Waals surface area contributed by atoms with Crippen LogP contribution in [0.5, 0.6) is 0 Å². The van der Waals surface area contributed by atoms with Gasteiger partial charge in [0.15, 0.2) is 5.11 Å². The number of rotatable bonds is 3. The fourth-order valence-corrected chi connectivity index (χ4v) is 2.38. The number of esters is 1. The SMILES string of the molecule is COC(=O)c1cccc(C(=O)NC(=S)Nc2cccc(Cl)c2Cl)c1. The second kappa shape index (κ2) is 8.10. The molecular weight excluding hydrogens is 371 g/mol. The van der Waals surface area contributed by atoms with E-state index in [4.69, 9.17) is 35.4 Å². The summed E-state index contributed by atoms with van der Waals surface area (Å²) in [4.78, 5) is 23.7. The molecule has 0 aliphatic heterocycles. The summed E-state index contributed by atoms with van der Waals surface area (Å²) in [6.07, 6.45) is 0. The maximum Gasteiger partial charge on any atom is 0.337 e. The van der Waals surface area contributed by atoms with Crippen LogP contribution in [-0.4, -0.2) is 24.1 Å². The zero-order valence-electron chi connectivity index (χ0n) is 12.4. The van der Waals surface area contributed by atoms with Crippen molar-refractivity contribution < 1.29 is 14.3 Å². The van der Waals surface area contributed by atoms with Crippen molar-refractivity contribution in [3.63, 3.8) is 0 Å². The van der Waals surface area contributed by atoms with Crippen LogP contribution in [0.25, 0.3) is 0 Å². The van der Waals surface area contributed by atoms with Gasteiger partial charge in [-0.1, -0.05) is 35.3 Å². The van der Waals surface area contributed by atoms with Crippen LogP contribution >= 0.6 is 35.4 Å². The maximum atomic E-state index is 12.2. The molecule has 0 spiro atoms. The number of amides is 1. The molecule has 0 fully saturated rings. The van der Waals surface area contributed by atoms with E-state index in [1.807, 2.05) is 0 Å². The third-order valence-corrected chi connectivity index (χ3v) is 4.00. The molecule has 0 aliphatic carbocycles. The lowest BCUT2D eigenvalue weighted by Gasteiger charge is -2.11. The Kier molecular flexibility index (Phi) is 6.14. The topological polar surface area (TPSA) is 67.4 Å². The maximum absolute atomic E-state index is 12.2. The molecule has 2 rings (SSSR count). The van der Waals surface area contributed by atoms with E-state index in [0.717, 1.165) is 0 Å². The molecule has 124 valence electrons. The summed E-state index contributed by atoms with van der Waals surface area (Å²) >= 11 is 17.0. The fraction of sp³-hybridized carbons (Fsp3) is 0.0625. The predicted molar refractivity (Wildman–Crippen MR) is 97.9 cm³/mol. The number of benzene rings is 2. The number of methoxy groups -OCH3 is 1. The van der Waals surface area contributed by atoms with Crippen LogP contribution in [0.2, 0.25) is 10.0 Å². The van der Waals surface area contributed by atoms with Crippen LogP contribution in [0.15, 0.2) is 42.5 Å². The number of carbonyl (C=O) groups excluding carboxylic acids is 2. The fourth-order valence-electron chi connectivity index (χ4n) is 1.83. The molecule has 0 atom stereocenters. The summed E-state index contributed by atoms with van der Waals surface area (Å²) in [5, 5.41) is 6.00. The number of nitrogens with one attached hydrogen (secondary N) is 2. The number of thiocarbonyl (C=S) groups is 1. The lowest BCUT2D eigenvalue weighted by atomic mass is 10.1. The van der Waals surface area contributed by atoms with Crippen molar-refractivity contribution in [2.24, 2.45) is 0 Å². The zero-order valence-corrected chi connectivity index (χ0v) is 14.8. The lowest BCUT2D eigenvalue weighted by Crippen LogP contribution is -2.34. The van der Waals surface area contributed by atoms with E-state index in [-0.39, 0.29) is 16.2 Å². The average molecular weight is 383 g/mol. The first-order valence-electron chi connectivity index (χ1n) is 6.67. The minimum atomic E-state index is -0.531. The molecule has 0 saturated carbocycles. The van der Waals surface area contributed by atoms with E-state index in [0.29, 0.717) is 15.7 Å². The molecule has 0 bridgehead atoms. The van der Waals surface area contributed by atoms with E-state index in [1.54, 1.807) is 36.4 Å². The van der Waals surface area contributed by atoms with Gasteiger partial charge in [0, 0.05) is 5.56 Å². The van der Waals surface area contributed by atoms with E-state index >= 15 is 0 Å². The highest BCUT2D eigenvalue weighted by molar-refractivity contribution is 7.80. The molecule has 2 aromatic rings. The Morgan fingerprint density at radius 1 is 1.08 bits per heavy atom. The Morgan fingerprint density at radius 3 is 2.46 bits per heavy atom. The van der Waals surface area contributed by atoms with Crippen molar-refractivity contribution in [2.75, 3.05) is 12.4 Å². The summed E-state index contributed by atoms with van der Waals surface area (Å²) in [7, 11) is 1.27. The lowest BCUT2D eigenvalue weighted by molar-refractivity contribution is 0.0600. The van der Waals surface area contributed by atoms with Crippen molar-refractivity contribution >= 4 is 58.1 Å². The third kappa shape index (κ3) is 4.44. The highest BCUT2D eigenvalue weighted by Crippen LogP contribution is 2.29. The number of hydrogen-bond acceptors (Lipinski definition) is 4. The van der Waals surface area contributed by atoms with Crippen LogP contribution in [0, 0.1) is 0 Å². The van der Waals surface area contributed by atoms with Gasteiger partial charge in [-0.05, 0) is 42.5 Å². The quantitative estimate of drug-likeness (QED) is 0.622. The highest BCUT2D eigenvalue weighted by Gasteiger charge is 2.13. The summed E-state index contributed by atoms with van der Waals surface area (Å²) in [5.41, 5.74) is 0.999. The molecule has 8 heteroatoms. The van der Waals surface area contributed by atoms with Crippen molar-refractivity contribution in [1.82, 2.24) is 5.32 Å². The van der Waals surface area contributed by atoms with Crippen LogP contribution in [-0.2, 0) is 4.74 Å². The Hall–Kier alpha value is -2.15. The van der Waals surface area contributed by atoms with Crippen molar-refractivity contribution in [3.8, 4) is 0 Å². The second-order valence-corrected chi connectivity index (χ2v) is 5.78. The van der Waals surface area contributed by atoms with Gasteiger partial charge in [-0.25, -0.2) is 4.79 Å². The monoisotopic (exact) mass is 382 g/mol. The van der Waals surface area contributed by atoms with Gasteiger partial charge in [0.1, 0.15) is 0 Å². The highest BCUT2D eigenvalue weighted by atomic mass is 35.5. The predicted octanol–water partition coefficient (Wildman–Crippen LogP) is 3.91. The molecule has 0 saturated heterocycles. The van der Waals surface area contributed by atoms with Crippen LogP contribution < -0.4 is 10.6 Å². The minimum Gasteiger partial charge on any atom is -0.465 e. The molecule has 24 heavy (non-hydrogen) atoms. The molecule has 2 aromatic carbocycles. The summed E-state index contributed by atoms with van der Waals surface area (Å²) in [5.74, 6) is -1.01. The Morgan fingerprint density at radius 2 is 1.75 bits per heavy atom.